The molecule has 0 aliphatic rings. The van der Waals surface area contributed by atoms with Gasteiger partial charge < -0.3 is 9.89 Å². The molecule has 23 heavy (non-hydrogen) atoms. The van der Waals surface area contributed by atoms with Gasteiger partial charge in [0.05, 0.1) is 4.90 Å². The number of rotatable bonds is 7. The van der Waals surface area contributed by atoms with E-state index in [1.807, 2.05) is 43.3 Å². The van der Waals surface area contributed by atoms with Crippen molar-refractivity contribution < 1.29 is 8.42 Å². The van der Waals surface area contributed by atoms with E-state index in [0.717, 1.165) is 29.3 Å². The highest BCUT2D eigenvalue weighted by atomic mass is 32.2. The zero-order valence-electron chi connectivity index (χ0n) is 13.8. The zero-order valence-corrected chi connectivity index (χ0v) is 14.6. The largest absolute Gasteiger partial charge is 0.377 e. The van der Waals surface area contributed by atoms with Gasteiger partial charge in [-0.05, 0) is 31.2 Å². The number of sulfonamides is 1. The number of aliphatic imine (C=N–C) groups is 1. The van der Waals surface area contributed by atoms with Crippen molar-refractivity contribution in [1.29, 1.82) is 0 Å². The minimum Gasteiger partial charge on any atom is -0.377 e. The van der Waals surface area contributed by atoms with E-state index in [-0.39, 0.29) is 0 Å². The molecule has 0 amide bonds. The second kappa shape index (κ2) is 7.57. The van der Waals surface area contributed by atoms with Gasteiger partial charge in [-0.25, -0.2) is 13.1 Å². The van der Waals surface area contributed by atoms with E-state index in [9.17, 15) is 8.42 Å². The number of nitrogens with one attached hydrogen (secondary N) is 1. The Kier molecular flexibility index (Phi) is 5.74. The zero-order chi connectivity index (χ0) is 16.9. The molecule has 5 nitrogen and oxygen atoms in total. The topological polar surface area (TPSA) is 61.8 Å². The molecule has 0 aliphatic heterocycles. The molecule has 0 fully saturated rings. The monoisotopic (exact) mass is 333 g/mol. The first-order valence-electron chi connectivity index (χ1n) is 7.56. The summed E-state index contributed by atoms with van der Waals surface area (Å²) in [5.41, 5.74) is 0.999. The van der Waals surface area contributed by atoms with Crippen LogP contribution in [0.2, 0.25) is 0 Å². The Hall–Kier alpha value is -1.92. The lowest BCUT2D eigenvalue weighted by Gasteiger charge is -2.17. The van der Waals surface area contributed by atoms with Crippen LogP contribution < -0.4 is 9.62 Å². The maximum atomic E-state index is 12.6. The Balaban J connectivity index is 2.33. The molecule has 2 rings (SSSR count). The van der Waals surface area contributed by atoms with Crippen LogP contribution in [-0.2, 0) is 10.0 Å². The van der Waals surface area contributed by atoms with Gasteiger partial charge in [-0.1, -0.05) is 24.3 Å². The van der Waals surface area contributed by atoms with E-state index in [4.69, 9.17) is 0 Å². The van der Waals surface area contributed by atoms with Crippen LogP contribution in [0.15, 0.2) is 46.3 Å². The third-order valence-corrected chi connectivity index (χ3v) is 5.13. The highest BCUT2D eigenvalue weighted by molar-refractivity contribution is 7.89. The molecule has 0 unspecified atom stereocenters. The standard InChI is InChI=1S/C17H23N3O2S/c1-18-12-4-5-13-19-23(21,22)17-11-7-8-14-15(17)9-6-10-16(14)20(2)3/h6-12,19H,4-5,13H2,1-3H3. The molecule has 6 heteroatoms. The van der Waals surface area contributed by atoms with Crippen molar-refractivity contribution in [2.24, 2.45) is 4.99 Å². The molecule has 0 atom stereocenters. The summed E-state index contributed by atoms with van der Waals surface area (Å²) in [6.07, 6.45) is 3.28. The SMILES string of the molecule is CN=CCCCNS(=O)(=O)c1cccc2c(N(C)C)cccc12. The Morgan fingerprint density at radius 2 is 1.83 bits per heavy atom. The Bertz CT molecular complexity index is 799. The van der Waals surface area contributed by atoms with Crippen LogP contribution in [0.5, 0.6) is 0 Å². The Morgan fingerprint density at radius 1 is 1.13 bits per heavy atom. The first-order chi connectivity index (χ1) is 11.0. The summed E-state index contributed by atoms with van der Waals surface area (Å²) < 4.78 is 27.9. The average molecular weight is 333 g/mol. The molecule has 0 bridgehead atoms. The van der Waals surface area contributed by atoms with Crippen molar-refractivity contribution in [3.05, 3.63) is 36.4 Å². The van der Waals surface area contributed by atoms with Crippen molar-refractivity contribution in [3.63, 3.8) is 0 Å². The van der Waals surface area contributed by atoms with Gasteiger partial charge in [0.25, 0.3) is 0 Å². The molecule has 0 aliphatic carbocycles. The number of anilines is 1. The fraction of sp³-hybridized carbons (Fsp3) is 0.353. The van der Waals surface area contributed by atoms with E-state index in [1.165, 1.54) is 0 Å². The lowest BCUT2D eigenvalue weighted by molar-refractivity contribution is 0.581. The molecule has 0 spiro atoms. The van der Waals surface area contributed by atoms with E-state index < -0.39 is 10.0 Å². The number of nitrogens with zero attached hydrogens (tertiary/aromatic N) is 2. The van der Waals surface area contributed by atoms with Crippen LogP contribution in [0.3, 0.4) is 0 Å². The van der Waals surface area contributed by atoms with Crippen LogP contribution in [0.25, 0.3) is 10.8 Å². The highest BCUT2D eigenvalue weighted by Crippen LogP contribution is 2.29. The number of hydrogen-bond donors (Lipinski definition) is 1. The average Bonchev–Trinajstić information content (AvgIpc) is 2.53. The van der Waals surface area contributed by atoms with Crippen molar-refractivity contribution in [1.82, 2.24) is 4.72 Å². The minimum absolute atomic E-state index is 0.322. The lowest BCUT2D eigenvalue weighted by atomic mass is 10.1. The van der Waals surface area contributed by atoms with Gasteiger partial charge in [0.15, 0.2) is 0 Å². The smallest absolute Gasteiger partial charge is 0.241 e. The van der Waals surface area contributed by atoms with Crippen molar-refractivity contribution >= 4 is 32.7 Å². The first kappa shape index (κ1) is 17.4. The van der Waals surface area contributed by atoms with E-state index in [0.29, 0.717) is 11.4 Å². The molecule has 124 valence electrons. The Labute approximate surface area is 138 Å². The molecular weight excluding hydrogens is 310 g/mol. The normalized spacial score (nSPS) is 12.1. The highest BCUT2D eigenvalue weighted by Gasteiger charge is 2.17. The molecule has 2 aromatic rings. The summed E-state index contributed by atoms with van der Waals surface area (Å²) in [4.78, 5) is 6.19. The van der Waals surface area contributed by atoms with E-state index in [1.54, 1.807) is 25.4 Å². The third kappa shape index (κ3) is 4.09. The summed E-state index contributed by atoms with van der Waals surface area (Å²) in [5, 5.41) is 1.67. The maximum absolute atomic E-state index is 12.6. The molecular formula is C17H23N3O2S. The lowest BCUT2D eigenvalue weighted by Crippen LogP contribution is -2.25. The van der Waals surface area contributed by atoms with Crippen LogP contribution in [0, 0.1) is 0 Å². The summed E-state index contributed by atoms with van der Waals surface area (Å²) in [6, 6.07) is 11.1. The van der Waals surface area contributed by atoms with Gasteiger partial charge in [0.2, 0.25) is 10.0 Å². The van der Waals surface area contributed by atoms with Crippen molar-refractivity contribution in [2.45, 2.75) is 17.7 Å². The van der Waals surface area contributed by atoms with Crippen molar-refractivity contribution in [3.8, 4) is 0 Å². The van der Waals surface area contributed by atoms with Crippen LogP contribution in [0.4, 0.5) is 5.69 Å². The quantitative estimate of drug-likeness (QED) is 0.626. The minimum atomic E-state index is -3.53. The molecule has 0 heterocycles. The van der Waals surface area contributed by atoms with Gasteiger partial charge >= 0.3 is 0 Å². The van der Waals surface area contributed by atoms with Crippen LogP contribution in [0.1, 0.15) is 12.8 Å². The summed E-state index contributed by atoms with van der Waals surface area (Å²) in [7, 11) is 2.08. The number of unbranched alkanes of at least 4 members (excludes halogenated alkanes) is 1. The molecule has 0 aromatic heterocycles. The molecule has 0 saturated carbocycles. The fourth-order valence-electron chi connectivity index (χ4n) is 2.50. The van der Waals surface area contributed by atoms with Crippen LogP contribution >= 0.6 is 0 Å². The predicted octanol–water partition coefficient (Wildman–Crippen LogP) is 2.66. The van der Waals surface area contributed by atoms with Crippen LogP contribution in [-0.4, -0.2) is 42.3 Å². The van der Waals surface area contributed by atoms with E-state index >= 15 is 0 Å². The molecule has 0 radical (unpaired) electrons. The summed E-state index contributed by atoms with van der Waals surface area (Å²) in [6.45, 7) is 0.401. The Morgan fingerprint density at radius 3 is 2.52 bits per heavy atom. The summed E-state index contributed by atoms with van der Waals surface area (Å²) in [5.74, 6) is 0. The second-order valence-electron chi connectivity index (χ2n) is 5.50. The van der Waals surface area contributed by atoms with Gasteiger partial charge in [-0.3, -0.25) is 0 Å². The number of benzene rings is 2. The first-order valence-corrected chi connectivity index (χ1v) is 9.05. The molecule has 2 aromatic carbocycles. The maximum Gasteiger partial charge on any atom is 0.241 e. The van der Waals surface area contributed by atoms with Crippen molar-refractivity contribution in [2.75, 3.05) is 32.6 Å². The predicted molar refractivity (Wildman–Crippen MR) is 97.1 cm³/mol. The molecule has 0 saturated heterocycles. The number of fused-ring (bicyclic) bond motifs is 1. The van der Waals surface area contributed by atoms with Gasteiger partial charge in [-0.2, -0.15) is 0 Å². The molecule has 1 N–H and O–H groups in total. The number of hydrogen-bond acceptors (Lipinski definition) is 4. The van der Waals surface area contributed by atoms with E-state index in [2.05, 4.69) is 9.71 Å². The summed E-state index contributed by atoms with van der Waals surface area (Å²) >= 11 is 0. The fourth-order valence-corrected chi connectivity index (χ4v) is 3.79. The second-order valence-corrected chi connectivity index (χ2v) is 7.24. The van der Waals surface area contributed by atoms with Gasteiger partial charge in [-0.15, -0.1) is 0 Å². The van der Waals surface area contributed by atoms with Gasteiger partial charge in [0, 0.05) is 44.1 Å². The van der Waals surface area contributed by atoms with Gasteiger partial charge in [0.1, 0.15) is 0 Å². The third-order valence-electron chi connectivity index (χ3n) is 3.62.